The van der Waals surface area contributed by atoms with Crippen molar-refractivity contribution in [3.05, 3.63) is 29.8 Å². The second-order valence-corrected chi connectivity index (χ2v) is 5.53. The number of benzene rings is 1. The van der Waals surface area contributed by atoms with E-state index >= 15 is 0 Å². The maximum absolute atomic E-state index is 9.35. The number of nitriles is 1. The van der Waals surface area contributed by atoms with Gasteiger partial charge in [-0.3, -0.25) is 0 Å². The van der Waals surface area contributed by atoms with E-state index in [9.17, 15) is 5.26 Å². The molecular formula is C17H24N2. The van der Waals surface area contributed by atoms with E-state index in [4.69, 9.17) is 0 Å². The van der Waals surface area contributed by atoms with Gasteiger partial charge in [-0.25, -0.2) is 0 Å². The van der Waals surface area contributed by atoms with Gasteiger partial charge >= 0.3 is 0 Å². The number of para-hydroxylation sites is 1. The van der Waals surface area contributed by atoms with Crippen LogP contribution in [0, 0.1) is 17.2 Å². The van der Waals surface area contributed by atoms with Gasteiger partial charge < -0.3 is 5.32 Å². The van der Waals surface area contributed by atoms with E-state index < -0.39 is 0 Å². The highest BCUT2D eigenvalue weighted by atomic mass is 14.9. The summed E-state index contributed by atoms with van der Waals surface area (Å²) in [6.07, 6.45) is 8.15. The maximum Gasteiger partial charge on any atom is 0.0677 e. The summed E-state index contributed by atoms with van der Waals surface area (Å²) >= 11 is 0. The van der Waals surface area contributed by atoms with Gasteiger partial charge in [-0.05, 0) is 30.9 Å². The average Bonchev–Trinajstić information content (AvgIpc) is 2.66. The monoisotopic (exact) mass is 256 g/mol. The van der Waals surface area contributed by atoms with Crippen LogP contribution >= 0.6 is 0 Å². The van der Waals surface area contributed by atoms with Crippen molar-refractivity contribution in [2.45, 2.75) is 57.9 Å². The Bertz CT molecular complexity index is 433. The summed E-state index contributed by atoms with van der Waals surface area (Å²) in [7, 11) is 0. The first-order valence-corrected chi connectivity index (χ1v) is 7.59. The smallest absolute Gasteiger partial charge is 0.0677 e. The fraction of sp³-hybridized carbons (Fsp3) is 0.588. The molecule has 0 aliphatic heterocycles. The Morgan fingerprint density at radius 3 is 2.79 bits per heavy atom. The molecule has 19 heavy (non-hydrogen) atoms. The van der Waals surface area contributed by atoms with Crippen LogP contribution in [0.2, 0.25) is 0 Å². The Labute approximate surface area is 116 Å². The fourth-order valence-electron chi connectivity index (χ4n) is 2.98. The van der Waals surface area contributed by atoms with Gasteiger partial charge in [0.2, 0.25) is 0 Å². The lowest BCUT2D eigenvalue weighted by molar-refractivity contribution is 0.514. The van der Waals surface area contributed by atoms with Crippen LogP contribution in [0.1, 0.15) is 51.0 Å². The molecule has 1 fully saturated rings. The standard InChI is InChI=1S/C17H24N2/c1-2-8-14-9-6-7-12-16(14)19-17-11-5-3-4-10-15(17)13-18/h6-7,9,12,15,17,19H,2-5,8,10-11H2,1H3. The molecule has 1 aliphatic carbocycles. The quantitative estimate of drug-likeness (QED) is 0.804. The van der Waals surface area contributed by atoms with Crippen LogP contribution < -0.4 is 5.32 Å². The molecule has 1 N–H and O–H groups in total. The number of nitrogens with zero attached hydrogens (tertiary/aromatic N) is 1. The molecule has 2 heteroatoms. The second-order valence-electron chi connectivity index (χ2n) is 5.53. The predicted octanol–water partition coefficient (Wildman–Crippen LogP) is 4.52. The van der Waals surface area contributed by atoms with Crippen LogP contribution in [-0.4, -0.2) is 6.04 Å². The Balaban J connectivity index is 2.12. The molecule has 1 aliphatic rings. The zero-order valence-corrected chi connectivity index (χ0v) is 11.9. The maximum atomic E-state index is 9.35. The SMILES string of the molecule is CCCc1ccccc1NC1CCCCCC1C#N. The van der Waals surface area contributed by atoms with Crippen LogP contribution in [0.15, 0.2) is 24.3 Å². The third-order valence-corrected chi connectivity index (χ3v) is 4.06. The number of rotatable bonds is 4. The van der Waals surface area contributed by atoms with E-state index in [0.717, 1.165) is 25.7 Å². The van der Waals surface area contributed by atoms with Crippen LogP contribution in [0.3, 0.4) is 0 Å². The van der Waals surface area contributed by atoms with E-state index in [-0.39, 0.29) is 5.92 Å². The largest absolute Gasteiger partial charge is 0.381 e. The average molecular weight is 256 g/mol. The molecule has 0 spiro atoms. The van der Waals surface area contributed by atoms with E-state index in [0.29, 0.717) is 6.04 Å². The van der Waals surface area contributed by atoms with Gasteiger partial charge in [0.15, 0.2) is 0 Å². The molecule has 102 valence electrons. The van der Waals surface area contributed by atoms with Gasteiger partial charge in [-0.2, -0.15) is 5.26 Å². The van der Waals surface area contributed by atoms with Crippen LogP contribution in [0.25, 0.3) is 0 Å². The minimum Gasteiger partial charge on any atom is -0.381 e. The third kappa shape index (κ3) is 3.73. The number of nitrogens with one attached hydrogen (secondary N) is 1. The van der Waals surface area contributed by atoms with Crippen molar-refractivity contribution in [2.75, 3.05) is 5.32 Å². The summed E-state index contributed by atoms with van der Waals surface area (Å²) in [5.41, 5.74) is 2.61. The van der Waals surface area contributed by atoms with Gasteiger partial charge in [-0.15, -0.1) is 0 Å². The summed E-state index contributed by atoms with van der Waals surface area (Å²) in [5, 5.41) is 13.0. The molecular weight excluding hydrogens is 232 g/mol. The highest BCUT2D eigenvalue weighted by Crippen LogP contribution is 2.27. The van der Waals surface area contributed by atoms with Crippen molar-refractivity contribution in [1.82, 2.24) is 0 Å². The zero-order valence-electron chi connectivity index (χ0n) is 11.9. The van der Waals surface area contributed by atoms with Crippen LogP contribution in [-0.2, 0) is 6.42 Å². The van der Waals surface area contributed by atoms with Crippen molar-refractivity contribution < 1.29 is 0 Å². The number of anilines is 1. The molecule has 0 amide bonds. The number of hydrogen-bond donors (Lipinski definition) is 1. The predicted molar refractivity (Wildman–Crippen MR) is 80.0 cm³/mol. The normalized spacial score (nSPS) is 23.4. The third-order valence-electron chi connectivity index (χ3n) is 4.06. The van der Waals surface area contributed by atoms with Crippen molar-refractivity contribution in [1.29, 1.82) is 5.26 Å². The molecule has 2 atom stereocenters. The molecule has 2 unspecified atom stereocenters. The highest BCUT2D eigenvalue weighted by Gasteiger charge is 2.23. The Morgan fingerprint density at radius 2 is 2.00 bits per heavy atom. The summed E-state index contributed by atoms with van der Waals surface area (Å²) in [4.78, 5) is 0. The van der Waals surface area contributed by atoms with Gasteiger partial charge in [0.25, 0.3) is 0 Å². The molecule has 0 aromatic heterocycles. The highest BCUT2D eigenvalue weighted by molar-refractivity contribution is 5.52. The molecule has 0 bridgehead atoms. The minimum absolute atomic E-state index is 0.164. The molecule has 2 rings (SSSR count). The number of hydrogen-bond acceptors (Lipinski definition) is 2. The van der Waals surface area contributed by atoms with E-state index in [1.165, 1.54) is 30.5 Å². The molecule has 0 radical (unpaired) electrons. The van der Waals surface area contributed by atoms with Crippen molar-refractivity contribution >= 4 is 5.69 Å². The summed E-state index contributed by atoms with van der Waals surface area (Å²) in [6.45, 7) is 2.21. The topological polar surface area (TPSA) is 35.8 Å². The van der Waals surface area contributed by atoms with Crippen LogP contribution in [0.4, 0.5) is 5.69 Å². The first-order valence-electron chi connectivity index (χ1n) is 7.59. The Morgan fingerprint density at radius 1 is 1.21 bits per heavy atom. The van der Waals surface area contributed by atoms with Gasteiger partial charge in [0, 0.05) is 11.7 Å². The van der Waals surface area contributed by atoms with Gasteiger partial charge in [0.05, 0.1) is 12.0 Å². The van der Waals surface area contributed by atoms with E-state index in [1.54, 1.807) is 0 Å². The Kier molecular flexibility index (Phi) is 5.27. The summed E-state index contributed by atoms with van der Waals surface area (Å²) < 4.78 is 0. The summed E-state index contributed by atoms with van der Waals surface area (Å²) in [6, 6.07) is 11.4. The number of aryl methyl sites for hydroxylation is 1. The lowest BCUT2D eigenvalue weighted by Gasteiger charge is -2.23. The van der Waals surface area contributed by atoms with Crippen molar-refractivity contribution in [3.63, 3.8) is 0 Å². The Hall–Kier alpha value is -1.49. The minimum atomic E-state index is 0.164. The second kappa shape index (κ2) is 7.19. The van der Waals surface area contributed by atoms with Crippen molar-refractivity contribution in [3.8, 4) is 6.07 Å². The van der Waals surface area contributed by atoms with Gasteiger partial charge in [0.1, 0.15) is 0 Å². The lowest BCUT2D eigenvalue weighted by atomic mass is 9.95. The first-order chi connectivity index (χ1) is 9.35. The molecule has 2 nitrogen and oxygen atoms in total. The van der Waals surface area contributed by atoms with E-state index in [1.807, 2.05) is 0 Å². The van der Waals surface area contributed by atoms with E-state index in [2.05, 4.69) is 42.6 Å². The van der Waals surface area contributed by atoms with Crippen LogP contribution in [0.5, 0.6) is 0 Å². The van der Waals surface area contributed by atoms with Crippen molar-refractivity contribution in [2.24, 2.45) is 5.92 Å². The fourth-order valence-corrected chi connectivity index (χ4v) is 2.98. The molecule has 0 saturated heterocycles. The lowest BCUT2D eigenvalue weighted by Crippen LogP contribution is -2.27. The summed E-state index contributed by atoms with van der Waals surface area (Å²) in [5.74, 6) is 0.164. The molecule has 1 saturated carbocycles. The van der Waals surface area contributed by atoms with Gasteiger partial charge in [-0.1, -0.05) is 50.8 Å². The zero-order chi connectivity index (χ0) is 13.5. The molecule has 1 aromatic carbocycles. The first kappa shape index (κ1) is 13.9. The molecule has 1 aromatic rings. The molecule has 0 heterocycles.